The van der Waals surface area contributed by atoms with Gasteiger partial charge in [0.1, 0.15) is 5.82 Å². The van der Waals surface area contributed by atoms with Gasteiger partial charge in [0.25, 0.3) is 5.91 Å². The number of halogens is 2. The van der Waals surface area contributed by atoms with Crippen LogP contribution < -0.4 is 5.32 Å². The number of amides is 1. The number of carbonyl (C=O) groups excluding carboxylic acids is 1. The van der Waals surface area contributed by atoms with Crippen molar-refractivity contribution in [3.8, 4) is 0 Å². The molecule has 0 radical (unpaired) electrons. The molecular formula is C14H12BrFN2O. The average molecular weight is 323 g/mol. The van der Waals surface area contributed by atoms with Crippen molar-refractivity contribution in [3.63, 3.8) is 0 Å². The predicted octanol–water partition coefficient (Wildman–Crippen LogP) is 3.22. The zero-order chi connectivity index (χ0) is 13.8. The van der Waals surface area contributed by atoms with Crippen LogP contribution in [0.4, 0.5) is 4.39 Å². The van der Waals surface area contributed by atoms with E-state index in [0.717, 1.165) is 11.4 Å². The molecule has 0 saturated carbocycles. The van der Waals surface area contributed by atoms with E-state index >= 15 is 0 Å². The van der Waals surface area contributed by atoms with Crippen LogP contribution in [0, 0.1) is 12.7 Å². The van der Waals surface area contributed by atoms with Gasteiger partial charge in [-0.05, 0) is 53.2 Å². The van der Waals surface area contributed by atoms with E-state index in [-0.39, 0.29) is 11.5 Å². The van der Waals surface area contributed by atoms with E-state index in [1.54, 1.807) is 0 Å². The number of nitrogens with one attached hydrogen (secondary N) is 1. The first kappa shape index (κ1) is 13.7. The third kappa shape index (κ3) is 3.61. The summed E-state index contributed by atoms with van der Waals surface area (Å²) in [6.07, 6.45) is 0. The minimum absolute atomic E-state index is 0.271. The first-order valence-electron chi connectivity index (χ1n) is 5.72. The smallest absolute Gasteiger partial charge is 0.252 e. The molecule has 0 fully saturated rings. The number of pyridine rings is 1. The minimum atomic E-state index is -0.443. The van der Waals surface area contributed by atoms with Gasteiger partial charge in [0.05, 0.1) is 17.8 Å². The standard InChI is InChI=1S/C14H12BrFN2O/c1-9-3-2-4-11(18-9)8-17-14(19)12-7-10(16)5-6-13(12)15/h2-7H,8H2,1H3,(H,17,19). The van der Waals surface area contributed by atoms with E-state index in [4.69, 9.17) is 0 Å². The Morgan fingerprint density at radius 1 is 1.37 bits per heavy atom. The van der Waals surface area contributed by atoms with E-state index in [0.29, 0.717) is 11.0 Å². The van der Waals surface area contributed by atoms with E-state index in [1.165, 1.54) is 18.2 Å². The molecule has 3 nitrogen and oxygen atoms in total. The number of aryl methyl sites for hydroxylation is 1. The molecule has 1 heterocycles. The summed E-state index contributed by atoms with van der Waals surface area (Å²) in [6, 6.07) is 9.59. The number of rotatable bonds is 3. The van der Waals surface area contributed by atoms with Crippen LogP contribution >= 0.6 is 15.9 Å². The van der Waals surface area contributed by atoms with E-state index in [1.807, 2.05) is 25.1 Å². The average Bonchev–Trinajstić information content (AvgIpc) is 2.39. The molecule has 1 amide bonds. The summed E-state index contributed by atoms with van der Waals surface area (Å²) >= 11 is 3.23. The van der Waals surface area contributed by atoms with Crippen LogP contribution in [0.5, 0.6) is 0 Å². The summed E-state index contributed by atoms with van der Waals surface area (Å²) in [5, 5.41) is 2.71. The molecule has 0 aliphatic rings. The number of hydrogen-bond acceptors (Lipinski definition) is 2. The largest absolute Gasteiger partial charge is 0.346 e. The van der Waals surface area contributed by atoms with Crippen LogP contribution in [0.15, 0.2) is 40.9 Å². The molecule has 0 aliphatic carbocycles. The molecule has 1 N–H and O–H groups in total. The molecule has 0 bridgehead atoms. The lowest BCUT2D eigenvalue weighted by Crippen LogP contribution is -2.23. The number of nitrogens with zero attached hydrogens (tertiary/aromatic N) is 1. The molecule has 0 aliphatic heterocycles. The topological polar surface area (TPSA) is 42.0 Å². The first-order valence-corrected chi connectivity index (χ1v) is 6.51. The highest BCUT2D eigenvalue weighted by molar-refractivity contribution is 9.10. The van der Waals surface area contributed by atoms with Gasteiger partial charge < -0.3 is 5.32 Å². The van der Waals surface area contributed by atoms with Crippen molar-refractivity contribution >= 4 is 21.8 Å². The fourth-order valence-electron chi connectivity index (χ4n) is 1.64. The summed E-state index contributed by atoms with van der Waals surface area (Å²) in [4.78, 5) is 16.2. The summed E-state index contributed by atoms with van der Waals surface area (Å²) in [7, 11) is 0. The zero-order valence-corrected chi connectivity index (χ0v) is 11.9. The third-order valence-corrected chi connectivity index (χ3v) is 3.24. The molecule has 0 saturated heterocycles. The van der Waals surface area contributed by atoms with Crippen LogP contribution in [-0.2, 0) is 6.54 Å². The molecule has 98 valence electrons. The van der Waals surface area contributed by atoms with Crippen molar-refractivity contribution in [1.29, 1.82) is 0 Å². The highest BCUT2D eigenvalue weighted by atomic mass is 79.9. The van der Waals surface area contributed by atoms with Gasteiger partial charge in [-0.1, -0.05) is 6.07 Å². The predicted molar refractivity (Wildman–Crippen MR) is 74.2 cm³/mol. The van der Waals surface area contributed by atoms with Crippen LogP contribution in [0.25, 0.3) is 0 Å². The molecule has 5 heteroatoms. The highest BCUT2D eigenvalue weighted by Gasteiger charge is 2.11. The quantitative estimate of drug-likeness (QED) is 0.942. The molecule has 19 heavy (non-hydrogen) atoms. The number of hydrogen-bond donors (Lipinski definition) is 1. The second kappa shape index (κ2) is 5.93. The fraction of sp³-hybridized carbons (Fsp3) is 0.143. The lowest BCUT2D eigenvalue weighted by Gasteiger charge is -2.07. The lowest BCUT2D eigenvalue weighted by atomic mass is 10.2. The van der Waals surface area contributed by atoms with Gasteiger partial charge in [0.2, 0.25) is 0 Å². The monoisotopic (exact) mass is 322 g/mol. The Morgan fingerprint density at radius 3 is 2.89 bits per heavy atom. The second-order valence-electron chi connectivity index (χ2n) is 4.08. The third-order valence-electron chi connectivity index (χ3n) is 2.55. The number of benzene rings is 1. The van der Waals surface area contributed by atoms with Crippen LogP contribution in [0.1, 0.15) is 21.7 Å². The molecule has 2 rings (SSSR count). The number of carbonyl (C=O) groups is 1. The molecular weight excluding hydrogens is 311 g/mol. The Morgan fingerprint density at radius 2 is 2.16 bits per heavy atom. The van der Waals surface area contributed by atoms with Gasteiger partial charge in [-0.2, -0.15) is 0 Å². The van der Waals surface area contributed by atoms with Gasteiger partial charge in [0.15, 0.2) is 0 Å². The van der Waals surface area contributed by atoms with Crippen LogP contribution in [0.3, 0.4) is 0 Å². The summed E-state index contributed by atoms with van der Waals surface area (Å²) < 4.78 is 13.7. The molecule has 0 unspecified atom stereocenters. The molecule has 0 atom stereocenters. The molecule has 1 aromatic heterocycles. The second-order valence-corrected chi connectivity index (χ2v) is 4.93. The normalized spacial score (nSPS) is 10.3. The summed E-state index contributed by atoms with van der Waals surface area (Å²) in [6.45, 7) is 2.19. The zero-order valence-electron chi connectivity index (χ0n) is 10.3. The van der Waals surface area contributed by atoms with Gasteiger partial charge >= 0.3 is 0 Å². The maximum Gasteiger partial charge on any atom is 0.252 e. The van der Waals surface area contributed by atoms with Crippen molar-refractivity contribution < 1.29 is 9.18 Å². The van der Waals surface area contributed by atoms with Gasteiger partial charge in [0, 0.05) is 10.2 Å². The maximum absolute atomic E-state index is 13.1. The van der Waals surface area contributed by atoms with Crippen molar-refractivity contribution in [2.45, 2.75) is 13.5 Å². The van der Waals surface area contributed by atoms with Crippen molar-refractivity contribution in [2.75, 3.05) is 0 Å². The molecule has 2 aromatic rings. The maximum atomic E-state index is 13.1. The van der Waals surface area contributed by atoms with E-state index in [9.17, 15) is 9.18 Å². The minimum Gasteiger partial charge on any atom is -0.346 e. The van der Waals surface area contributed by atoms with Crippen LogP contribution in [0.2, 0.25) is 0 Å². The van der Waals surface area contributed by atoms with Gasteiger partial charge in [-0.15, -0.1) is 0 Å². The lowest BCUT2D eigenvalue weighted by molar-refractivity contribution is 0.0949. The first-order chi connectivity index (χ1) is 9.06. The van der Waals surface area contributed by atoms with E-state index < -0.39 is 5.82 Å². The molecule has 1 aromatic carbocycles. The Bertz CT molecular complexity index is 616. The Balaban J connectivity index is 2.07. The Kier molecular flexibility index (Phi) is 4.27. The number of aromatic nitrogens is 1. The van der Waals surface area contributed by atoms with E-state index in [2.05, 4.69) is 26.2 Å². The van der Waals surface area contributed by atoms with Crippen molar-refractivity contribution in [2.24, 2.45) is 0 Å². The fourth-order valence-corrected chi connectivity index (χ4v) is 2.06. The Labute approximate surface area is 119 Å². The van der Waals surface area contributed by atoms with Gasteiger partial charge in [-0.25, -0.2) is 4.39 Å². The van der Waals surface area contributed by atoms with Crippen molar-refractivity contribution in [3.05, 3.63) is 63.6 Å². The van der Waals surface area contributed by atoms with Crippen LogP contribution in [-0.4, -0.2) is 10.9 Å². The SMILES string of the molecule is Cc1cccc(CNC(=O)c2cc(F)ccc2Br)n1. The summed E-state index contributed by atoms with van der Waals surface area (Å²) in [5.74, 6) is -0.781. The van der Waals surface area contributed by atoms with Crippen molar-refractivity contribution in [1.82, 2.24) is 10.3 Å². The summed E-state index contributed by atoms with van der Waals surface area (Å²) in [5.41, 5.74) is 1.92. The van der Waals surface area contributed by atoms with Gasteiger partial charge in [-0.3, -0.25) is 9.78 Å². The Hall–Kier alpha value is -1.75. The highest BCUT2D eigenvalue weighted by Crippen LogP contribution is 2.17. The molecule has 0 spiro atoms.